The Bertz CT molecular complexity index is 221. The van der Waals surface area contributed by atoms with Crippen LogP contribution in [0.4, 0.5) is 0 Å². The second kappa shape index (κ2) is 3.89. The SMILES string of the molecule is CC(=O)N1CCC(NC2CC2C)CC1. The van der Waals surface area contributed by atoms with Gasteiger partial charge in [-0.15, -0.1) is 0 Å². The van der Waals surface area contributed by atoms with Crippen LogP contribution in [0.2, 0.25) is 0 Å². The van der Waals surface area contributed by atoms with Crippen molar-refractivity contribution in [2.24, 2.45) is 5.92 Å². The van der Waals surface area contributed by atoms with Crippen LogP contribution < -0.4 is 5.32 Å². The van der Waals surface area contributed by atoms with E-state index in [1.54, 1.807) is 6.92 Å². The number of piperidine rings is 1. The van der Waals surface area contributed by atoms with E-state index < -0.39 is 0 Å². The van der Waals surface area contributed by atoms with Gasteiger partial charge in [-0.25, -0.2) is 0 Å². The molecule has 1 aliphatic heterocycles. The highest BCUT2D eigenvalue weighted by molar-refractivity contribution is 5.73. The second-order valence-corrected chi connectivity index (χ2v) is 4.77. The number of nitrogens with zero attached hydrogens (tertiary/aromatic N) is 1. The molecule has 0 aromatic rings. The summed E-state index contributed by atoms with van der Waals surface area (Å²) in [5.74, 6) is 1.10. The molecule has 2 rings (SSSR count). The maximum atomic E-state index is 11.1. The smallest absolute Gasteiger partial charge is 0.219 e. The molecule has 0 aromatic heterocycles. The normalized spacial score (nSPS) is 33.1. The molecule has 0 radical (unpaired) electrons. The quantitative estimate of drug-likeness (QED) is 0.714. The molecule has 3 nitrogen and oxygen atoms in total. The number of hydrogen-bond donors (Lipinski definition) is 1. The molecule has 1 saturated heterocycles. The first-order valence-corrected chi connectivity index (χ1v) is 5.68. The lowest BCUT2D eigenvalue weighted by Crippen LogP contribution is -2.45. The van der Waals surface area contributed by atoms with Gasteiger partial charge >= 0.3 is 0 Å². The second-order valence-electron chi connectivity index (χ2n) is 4.77. The van der Waals surface area contributed by atoms with E-state index in [0.29, 0.717) is 6.04 Å². The van der Waals surface area contributed by atoms with Crippen LogP contribution in [0.25, 0.3) is 0 Å². The summed E-state index contributed by atoms with van der Waals surface area (Å²) in [6.45, 7) is 5.83. The van der Waals surface area contributed by atoms with E-state index in [1.165, 1.54) is 6.42 Å². The molecule has 2 fully saturated rings. The fourth-order valence-corrected chi connectivity index (χ4v) is 2.22. The predicted octanol–water partition coefficient (Wildman–Crippen LogP) is 0.995. The lowest BCUT2D eigenvalue weighted by molar-refractivity contribution is -0.129. The number of nitrogens with one attached hydrogen (secondary N) is 1. The molecule has 2 atom stereocenters. The van der Waals surface area contributed by atoms with Gasteiger partial charge in [0.2, 0.25) is 5.91 Å². The number of carbonyl (C=O) groups is 1. The summed E-state index contributed by atoms with van der Waals surface area (Å²) >= 11 is 0. The van der Waals surface area contributed by atoms with Crippen molar-refractivity contribution in [1.82, 2.24) is 10.2 Å². The van der Waals surface area contributed by atoms with E-state index in [1.807, 2.05) is 4.90 Å². The molecule has 2 aliphatic rings. The zero-order valence-corrected chi connectivity index (χ0v) is 9.12. The van der Waals surface area contributed by atoms with Gasteiger partial charge in [-0.3, -0.25) is 4.79 Å². The van der Waals surface area contributed by atoms with E-state index in [4.69, 9.17) is 0 Å². The lowest BCUT2D eigenvalue weighted by atomic mass is 10.0. The maximum Gasteiger partial charge on any atom is 0.219 e. The standard InChI is InChI=1S/C11H20N2O/c1-8-7-11(8)12-10-3-5-13(6-4-10)9(2)14/h8,10-12H,3-7H2,1-2H3. The number of carbonyl (C=O) groups excluding carboxylic acids is 1. The Morgan fingerprint density at radius 1 is 1.36 bits per heavy atom. The fourth-order valence-electron chi connectivity index (χ4n) is 2.22. The summed E-state index contributed by atoms with van der Waals surface area (Å²) in [6.07, 6.45) is 3.60. The van der Waals surface area contributed by atoms with Gasteiger partial charge in [0.1, 0.15) is 0 Å². The Labute approximate surface area is 85.8 Å². The van der Waals surface area contributed by atoms with Gasteiger partial charge < -0.3 is 10.2 Å². The molecule has 1 saturated carbocycles. The number of amides is 1. The molecule has 1 heterocycles. The molecule has 0 spiro atoms. The molecule has 0 bridgehead atoms. The zero-order chi connectivity index (χ0) is 10.1. The van der Waals surface area contributed by atoms with Crippen molar-refractivity contribution in [2.45, 2.75) is 45.2 Å². The molecule has 1 N–H and O–H groups in total. The Kier molecular flexibility index (Phi) is 2.77. The minimum absolute atomic E-state index is 0.225. The summed E-state index contributed by atoms with van der Waals surface area (Å²) in [5.41, 5.74) is 0. The van der Waals surface area contributed by atoms with E-state index in [2.05, 4.69) is 12.2 Å². The van der Waals surface area contributed by atoms with Crippen molar-refractivity contribution >= 4 is 5.91 Å². The minimum atomic E-state index is 0.225. The molecular formula is C11H20N2O. The van der Waals surface area contributed by atoms with Gasteiger partial charge in [0.05, 0.1) is 0 Å². The van der Waals surface area contributed by atoms with Gasteiger partial charge in [-0.1, -0.05) is 6.92 Å². The Hall–Kier alpha value is -0.570. The molecular weight excluding hydrogens is 176 g/mol. The Morgan fingerprint density at radius 2 is 1.93 bits per heavy atom. The molecule has 1 amide bonds. The van der Waals surface area contributed by atoms with Crippen molar-refractivity contribution in [2.75, 3.05) is 13.1 Å². The molecule has 80 valence electrons. The van der Waals surface area contributed by atoms with E-state index in [9.17, 15) is 4.79 Å². The van der Waals surface area contributed by atoms with Gasteiger partial charge in [0.25, 0.3) is 0 Å². The van der Waals surface area contributed by atoms with Crippen LogP contribution >= 0.6 is 0 Å². The van der Waals surface area contributed by atoms with Gasteiger partial charge in [-0.05, 0) is 25.2 Å². The highest BCUT2D eigenvalue weighted by atomic mass is 16.2. The fraction of sp³-hybridized carbons (Fsp3) is 0.909. The average Bonchev–Trinajstić information content (AvgIpc) is 2.82. The van der Waals surface area contributed by atoms with Crippen LogP contribution in [0.15, 0.2) is 0 Å². The van der Waals surface area contributed by atoms with Crippen LogP contribution in [0.3, 0.4) is 0 Å². The van der Waals surface area contributed by atoms with Crippen LogP contribution in [0.1, 0.15) is 33.1 Å². The van der Waals surface area contributed by atoms with Crippen LogP contribution in [0.5, 0.6) is 0 Å². The Balaban J connectivity index is 1.70. The first kappa shape index (κ1) is 9.97. The molecule has 0 aromatic carbocycles. The van der Waals surface area contributed by atoms with Crippen molar-refractivity contribution in [3.8, 4) is 0 Å². The van der Waals surface area contributed by atoms with E-state index >= 15 is 0 Å². The first-order valence-electron chi connectivity index (χ1n) is 5.68. The third-order valence-electron chi connectivity index (χ3n) is 3.50. The summed E-state index contributed by atoms with van der Waals surface area (Å²) in [4.78, 5) is 13.1. The third-order valence-corrected chi connectivity index (χ3v) is 3.50. The maximum absolute atomic E-state index is 11.1. The number of hydrogen-bond acceptors (Lipinski definition) is 2. The van der Waals surface area contributed by atoms with Gasteiger partial charge in [0, 0.05) is 32.1 Å². The highest BCUT2D eigenvalue weighted by Gasteiger charge is 2.34. The van der Waals surface area contributed by atoms with Crippen molar-refractivity contribution < 1.29 is 4.79 Å². The van der Waals surface area contributed by atoms with E-state index in [0.717, 1.165) is 37.9 Å². The van der Waals surface area contributed by atoms with Gasteiger partial charge in [-0.2, -0.15) is 0 Å². The molecule has 3 heteroatoms. The van der Waals surface area contributed by atoms with Crippen LogP contribution in [-0.4, -0.2) is 36.0 Å². The monoisotopic (exact) mass is 196 g/mol. The molecule has 1 aliphatic carbocycles. The highest BCUT2D eigenvalue weighted by Crippen LogP contribution is 2.30. The van der Waals surface area contributed by atoms with Crippen molar-refractivity contribution in [3.63, 3.8) is 0 Å². The lowest BCUT2D eigenvalue weighted by Gasteiger charge is -2.31. The zero-order valence-electron chi connectivity index (χ0n) is 9.12. The summed E-state index contributed by atoms with van der Waals surface area (Å²) < 4.78 is 0. The number of likely N-dealkylation sites (tertiary alicyclic amines) is 1. The van der Waals surface area contributed by atoms with Crippen molar-refractivity contribution in [3.05, 3.63) is 0 Å². The van der Waals surface area contributed by atoms with Crippen LogP contribution in [0, 0.1) is 5.92 Å². The molecule has 2 unspecified atom stereocenters. The first-order chi connectivity index (χ1) is 6.66. The molecule has 14 heavy (non-hydrogen) atoms. The Morgan fingerprint density at radius 3 is 2.36 bits per heavy atom. The van der Waals surface area contributed by atoms with Crippen molar-refractivity contribution in [1.29, 1.82) is 0 Å². The minimum Gasteiger partial charge on any atom is -0.343 e. The summed E-state index contributed by atoms with van der Waals surface area (Å²) in [5, 5.41) is 3.66. The van der Waals surface area contributed by atoms with E-state index in [-0.39, 0.29) is 5.91 Å². The number of rotatable bonds is 2. The largest absolute Gasteiger partial charge is 0.343 e. The third kappa shape index (κ3) is 2.27. The topological polar surface area (TPSA) is 32.3 Å². The summed E-state index contributed by atoms with van der Waals surface area (Å²) in [6, 6.07) is 1.42. The summed E-state index contributed by atoms with van der Waals surface area (Å²) in [7, 11) is 0. The van der Waals surface area contributed by atoms with Crippen LogP contribution in [-0.2, 0) is 4.79 Å². The average molecular weight is 196 g/mol. The predicted molar refractivity (Wildman–Crippen MR) is 56.0 cm³/mol. The van der Waals surface area contributed by atoms with Gasteiger partial charge in [0.15, 0.2) is 0 Å².